The number of carbonyl (C=O) groups is 1. The van der Waals surface area contributed by atoms with Crippen LogP contribution in [0.15, 0.2) is 96.4 Å². The molecule has 0 saturated carbocycles. The van der Waals surface area contributed by atoms with E-state index in [0.717, 1.165) is 11.1 Å². The Morgan fingerprint density at radius 3 is 2.46 bits per heavy atom. The van der Waals surface area contributed by atoms with E-state index in [2.05, 4.69) is 6.07 Å². The fourth-order valence-electron chi connectivity index (χ4n) is 4.39. The van der Waals surface area contributed by atoms with Crippen LogP contribution in [0.1, 0.15) is 28.2 Å². The molecule has 1 aliphatic heterocycles. The summed E-state index contributed by atoms with van der Waals surface area (Å²) in [5.41, 5.74) is 9.06. The first kappa shape index (κ1) is 27.6. The molecule has 0 bridgehead atoms. The van der Waals surface area contributed by atoms with Crippen LogP contribution in [0, 0.1) is 24.1 Å². The Morgan fingerprint density at radius 1 is 1.00 bits per heavy atom. The molecule has 7 nitrogen and oxygen atoms in total. The van der Waals surface area contributed by atoms with Gasteiger partial charge in [-0.25, -0.2) is 9.18 Å². The Balaban J connectivity index is 1.30. The number of esters is 1. The van der Waals surface area contributed by atoms with Gasteiger partial charge in [0.05, 0.1) is 5.92 Å². The second-order valence-corrected chi connectivity index (χ2v) is 9.65. The first-order valence-electron chi connectivity index (χ1n) is 12.6. The van der Waals surface area contributed by atoms with Crippen molar-refractivity contribution >= 4 is 17.6 Å². The van der Waals surface area contributed by atoms with Crippen molar-refractivity contribution in [2.75, 3.05) is 6.61 Å². The number of hydrogen-bond acceptors (Lipinski definition) is 7. The molecule has 1 unspecified atom stereocenters. The van der Waals surface area contributed by atoms with Crippen LogP contribution in [0.4, 0.5) is 4.39 Å². The molecule has 206 valence electrons. The number of fused-ring (bicyclic) bond motifs is 1. The van der Waals surface area contributed by atoms with E-state index in [-0.39, 0.29) is 36.2 Å². The van der Waals surface area contributed by atoms with E-state index in [1.807, 2.05) is 19.1 Å². The number of nitrogens with zero attached hydrogens (tertiary/aromatic N) is 1. The molecule has 0 saturated heterocycles. The minimum Gasteiger partial charge on any atom is -0.489 e. The van der Waals surface area contributed by atoms with Gasteiger partial charge in [0.25, 0.3) is 0 Å². The van der Waals surface area contributed by atoms with Gasteiger partial charge in [-0.15, -0.1) is 0 Å². The second-order valence-electron chi connectivity index (χ2n) is 9.25. The van der Waals surface area contributed by atoms with Gasteiger partial charge < -0.3 is 24.7 Å². The molecule has 0 fully saturated rings. The summed E-state index contributed by atoms with van der Waals surface area (Å²) in [4.78, 5) is 12.4. The molecule has 4 aromatic carbocycles. The molecule has 0 aliphatic carbocycles. The van der Waals surface area contributed by atoms with Gasteiger partial charge in [-0.1, -0.05) is 48.0 Å². The molecule has 0 spiro atoms. The lowest BCUT2D eigenvalue weighted by molar-refractivity contribution is -0.136. The molecule has 1 atom stereocenters. The number of allylic oxidation sites excluding steroid dienone is 1. The molecule has 2 N–H and O–H groups in total. The molecule has 1 heterocycles. The van der Waals surface area contributed by atoms with E-state index < -0.39 is 11.9 Å². The summed E-state index contributed by atoms with van der Waals surface area (Å²) >= 11 is 6.03. The molecule has 41 heavy (non-hydrogen) atoms. The lowest BCUT2D eigenvalue weighted by Gasteiger charge is -2.26. The fourth-order valence-corrected chi connectivity index (χ4v) is 4.50. The molecule has 1 aliphatic rings. The Kier molecular flexibility index (Phi) is 8.09. The summed E-state index contributed by atoms with van der Waals surface area (Å²) in [5.74, 6) is 0.0948. The predicted octanol–water partition coefficient (Wildman–Crippen LogP) is 6.57. The summed E-state index contributed by atoms with van der Waals surface area (Å²) in [5, 5.41) is 10.5. The molecular weight excluding hydrogens is 547 g/mol. The number of nitrogens with two attached hydrogens (primary N) is 1. The maximum Gasteiger partial charge on any atom is 0.349 e. The Morgan fingerprint density at radius 2 is 1.73 bits per heavy atom. The van der Waals surface area contributed by atoms with Crippen LogP contribution in [0.5, 0.6) is 23.0 Å². The molecule has 4 aromatic rings. The van der Waals surface area contributed by atoms with Gasteiger partial charge in [0.2, 0.25) is 5.88 Å². The van der Waals surface area contributed by atoms with Crippen LogP contribution in [0.25, 0.3) is 0 Å². The molecule has 5 rings (SSSR count). The van der Waals surface area contributed by atoms with Crippen LogP contribution < -0.4 is 24.7 Å². The summed E-state index contributed by atoms with van der Waals surface area (Å²) in [6.45, 7) is 1.60. The zero-order valence-corrected chi connectivity index (χ0v) is 22.7. The first-order valence-corrected chi connectivity index (χ1v) is 13.0. The molecule has 0 amide bonds. The number of aryl methyl sites for hydroxylation is 1. The predicted molar refractivity (Wildman–Crippen MR) is 150 cm³/mol. The largest absolute Gasteiger partial charge is 0.489 e. The summed E-state index contributed by atoms with van der Waals surface area (Å²) in [7, 11) is 0. The zero-order chi connectivity index (χ0) is 28.9. The highest BCUT2D eigenvalue weighted by Gasteiger charge is 2.31. The van der Waals surface area contributed by atoms with Crippen molar-refractivity contribution in [3.05, 3.63) is 129 Å². The normalized spacial score (nSPS) is 14.0. The molecule has 0 radical (unpaired) electrons. The Bertz CT molecular complexity index is 1680. The second kappa shape index (κ2) is 12.0. The van der Waals surface area contributed by atoms with Crippen molar-refractivity contribution in [1.29, 1.82) is 5.26 Å². The van der Waals surface area contributed by atoms with Crippen molar-refractivity contribution in [2.24, 2.45) is 5.73 Å². The highest BCUT2D eigenvalue weighted by atomic mass is 35.5. The number of nitriles is 1. The minimum atomic E-state index is -0.614. The SMILES string of the molecule is Cc1cc(OCC(=O)Oc2ccc3c(c2)OC(N)=C(C#N)C3c2ccc(OCc3ccccc3F)cc2)ccc1Cl. The molecule has 0 aromatic heterocycles. The van der Waals surface area contributed by atoms with Gasteiger partial charge in [0.1, 0.15) is 47.1 Å². The minimum absolute atomic E-state index is 0.0465. The van der Waals surface area contributed by atoms with E-state index in [1.54, 1.807) is 66.7 Å². The van der Waals surface area contributed by atoms with Crippen molar-refractivity contribution in [2.45, 2.75) is 19.4 Å². The van der Waals surface area contributed by atoms with Crippen LogP contribution in [-0.2, 0) is 11.4 Å². The van der Waals surface area contributed by atoms with E-state index in [1.165, 1.54) is 6.07 Å². The fraction of sp³-hybridized carbons (Fsp3) is 0.125. The number of halogens is 2. The molecule has 9 heteroatoms. The van der Waals surface area contributed by atoms with E-state index in [9.17, 15) is 14.4 Å². The molecular formula is C32H24ClFN2O5. The summed E-state index contributed by atoms with van der Waals surface area (Å²) in [6.07, 6.45) is 0. The number of rotatable bonds is 8. The summed E-state index contributed by atoms with van der Waals surface area (Å²) in [6, 6.07) is 25.6. The van der Waals surface area contributed by atoms with Gasteiger partial charge in [-0.05, 0) is 60.5 Å². The smallest absolute Gasteiger partial charge is 0.349 e. The average molecular weight is 571 g/mol. The quantitative estimate of drug-likeness (QED) is 0.189. The lowest BCUT2D eigenvalue weighted by atomic mass is 9.83. The first-order chi connectivity index (χ1) is 19.8. The monoisotopic (exact) mass is 570 g/mol. The third-order valence-electron chi connectivity index (χ3n) is 6.47. The van der Waals surface area contributed by atoms with Crippen molar-refractivity contribution in [1.82, 2.24) is 0 Å². The Labute approximate surface area is 241 Å². The Hall–Kier alpha value is -5.00. The van der Waals surface area contributed by atoms with E-state index >= 15 is 0 Å². The highest BCUT2D eigenvalue weighted by molar-refractivity contribution is 6.31. The summed E-state index contributed by atoms with van der Waals surface area (Å²) < 4.78 is 36.3. The van der Waals surface area contributed by atoms with Gasteiger partial charge in [-0.2, -0.15) is 5.26 Å². The standard InChI is InChI=1S/C32H24ClFN2O5/c1-19-14-23(11-13-27(19)33)39-18-30(37)40-24-10-12-25-29(15-24)41-32(36)26(16-35)31(25)20-6-8-22(9-7-20)38-17-21-4-2-3-5-28(21)34/h2-15,31H,17-18,36H2,1H3. The van der Waals surface area contributed by atoms with Gasteiger partial charge >= 0.3 is 5.97 Å². The van der Waals surface area contributed by atoms with Crippen LogP contribution in [0.3, 0.4) is 0 Å². The van der Waals surface area contributed by atoms with Crippen molar-refractivity contribution in [3.63, 3.8) is 0 Å². The van der Waals surface area contributed by atoms with Gasteiger partial charge in [0.15, 0.2) is 6.61 Å². The maximum atomic E-state index is 13.9. The van der Waals surface area contributed by atoms with Crippen molar-refractivity contribution < 1.29 is 28.1 Å². The van der Waals surface area contributed by atoms with Crippen LogP contribution in [0.2, 0.25) is 5.02 Å². The van der Waals surface area contributed by atoms with E-state index in [4.69, 9.17) is 36.3 Å². The van der Waals surface area contributed by atoms with E-state index in [0.29, 0.717) is 33.4 Å². The van der Waals surface area contributed by atoms with Crippen molar-refractivity contribution in [3.8, 4) is 29.1 Å². The third-order valence-corrected chi connectivity index (χ3v) is 6.90. The average Bonchev–Trinajstić information content (AvgIpc) is 2.97. The topological polar surface area (TPSA) is 104 Å². The third kappa shape index (κ3) is 6.26. The number of ether oxygens (including phenoxy) is 4. The lowest BCUT2D eigenvalue weighted by Crippen LogP contribution is -2.21. The van der Waals surface area contributed by atoms with Crippen LogP contribution in [-0.4, -0.2) is 12.6 Å². The number of hydrogen-bond donors (Lipinski definition) is 1. The van der Waals surface area contributed by atoms with Gasteiger partial charge in [0, 0.05) is 22.2 Å². The maximum absolute atomic E-state index is 13.9. The number of benzene rings is 4. The van der Waals surface area contributed by atoms with Crippen LogP contribution >= 0.6 is 11.6 Å². The van der Waals surface area contributed by atoms with Gasteiger partial charge in [-0.3, -0.25) is 0 Å². The zero-order valence-electron chi connectivity index (χ0n) is 21.9. The highest BCUT2D eigenvalue weighted by Crippen LogP contribution is 2.43. The number of carbonyl (C=O) groups excluding carboxylic acids is 1.